The van der Waals surface area contributed by atoms with E-state index >= 15 is 0 Å². The van der Waals surface area contributed by atoms with Gasteiger partial charge >= 0.3 is 5.97 Å². The van der Waals surface area contributed by atoms with Crippen LogP contribution in [0, 0.1) is 9.49 Å². The summed E-state index contributed by atoms with van der Waals surface area (Å²) < 4.78 is 2.90. The number of nitrogens with zero attached hydrogens (tertiary/aromatic N) is 2. The minimum atomic E-state index is -0.734. The van der Waals surface area contributed by atoms with Crippen LogP contribution in [-0.2, 0) is 4.79 Å². The average Bonchev–Trinajstić information content (AvgIpc) is 2.84. The number of rotatable bonds is 4. The Morgan fingerprint density at radius 3 is 2.81 bits per heavy atom. The molecule has 1 aliphatic carbocycles. The molecule has 0 amide bonds. The second-order valence-corrected chi connectivity index (χ2v) is 5.59. The van der Waals surface area contributed by atoms with Crippen LogP contribution in [0.3, 0.4) is 0 Å². The number of halogens is 1. The van der Waals surface area contributed by atoms with Gasteiger partial charge in [-0.15, -0.1) is 0 Å². The van der Waals surface area contributed by atoms with Crippen molar-refractivity contribution in [3.05, 3.63) is 16.0 Å². The molecule has 1 N–H and O–H groups in total. The first-order valence-corrected chi connectivity index (χ1v) is 6.66. The van der Waals surface area contributed by atoms with E-state index in [1.165, 1.54) is 12.8 Å². The van der Waals surface area contributed by atoms with E-state index in [-0.39, 0.29) is 12.5 Å². The number of aromatic nitrogens is 2. The molecule has 0 saturated heterocycles. The summed E-state index contributed by atoms with van der Waals surface area (Å²) in [4.78, 5) is 10.9. The van der Waals surface area contributed by atoms with Crippen LogP contribution in [0.5, 0.6) is 0 Å². The molecule has 1 aromatic heterocycles. The lowest BCUT2D eigenvalue weighted by molar-refractivity contribution is -0.138. The zero-order valence-corrected chi connectivity index (χ0v) is 11.1. The third-order valence-electron chi connectivity index (χ3n) is 3.24. The maximum absolute atomic E-state index is 10.9. The Morgan fingerprint density at radius 1 is 1.62 bits per heavy atom. The highest BCUT2D eigenvalue weighted by atomic mass is 127. The third kappa shape index (κ3) is 2.75. The van der Waals surface area contributed by atoms with E-state index in [2.05, 4.69) is 27.7 Å². The van der Waals surface area contributed by atoms with E-state index < -0.39 is 5.97 Å². The van der Waals surface area contributed by atoms with Gasteiger partial charge in [0.2, 0.25) is 0 Å². The molecule has 1 saturated carbocycles. The molecule has 16 heavy (non-hydrogen) atoms. The van der Waals surface area contributed by atoms with Crippen molar-refractivity contribution in [3.63, 3.8) is 0 Å². The summed E-state index contributed by atoms with van der Waals surface area (Å²) >= 11 is 2.20. The molecule has 1 aliphatic rings. The van der Waals surface area contributed by atoms with E-state index in [1.807, 2.05) is 10.9 Å². The van der Waals surface area contributed by atoms with Crippen molar-refractivity contribution in [1.29, 1.82) is 0 Å². The number of carboxylic acid groups (broad SMARTS) is 1. The Bertz CT molecular complexity index is 372. The molecule has 0 spiro atoms. The van der Waals surface area contributed by atoms with Crippen LogP contribution < -0.4 is 0 Å². The molecule has 1 atom stereocenters. The van der Waals surface area contributed by atoms with Crippen LogP contribution in [0.4, 0.5) is 0 Å². The molecular weight excluding hydrogens is 319 g/mol. The van der Waals surface area contributed by atoms with Crippen LogP contribution in [0.15, 0.2) is 12.4 Å². The van der Waals surface area contributed by atoms with Crippen molar-refractivity contribution in [2.75, 3.05) is 0 Å². The van der Waals surface area contributed by atoms with Crippen LogP contribution in [-0.4, -0.2) is 20.9 Å². The van der Waals surface area contributed by atoms with Crippen LogP contribution in [0.25, 0.3) is 0 Å². The van der Waals surface area contributed by atoms with Crippen LogP contribution in [0.2, 0.25) is 0 Å². The minimum absolute atomic E-state index is 0.0310. The number of carboxylic acids is 1. The molecule has 4 nitrogen and oxygen atoms in total. The maximum Gasteiger partial charge on any atom is 0.305 e. The molecule has 0 aliphatic heterocycles. The highest BCUT2D eigenvalue weighted by Gasteiger charge is 2.28. The van der Waals surface area contributed by atoms with E-state index in [9.17, 15) is 4.79 Å². The van der Waals surface area contributed by atoms with Crippen LogP contribution in [0.1, 0.15) is 38.1 Å². The highest BCUT2D eigenvalue weighted by Crippen LogP contribution is 2.35. The lowest BCUT2D eigenvalue weighted by atomic mass is 9.95. The lowest BCUT2D eigenvalue weighted by Crippen LogP contribution is -2.21. The first kappa shape index (κ1) is 11.9. The Hall–Kier alpha value is -0.590. The minimum Gasteiger partial charge on any atom is -0.481 e. The van der Waals surface area contributed by atoms with Gasteiger partial charge in [-0.3, -0.25) is 9.48 Å². The summed E-state index contributed by atoms with van der Waals surface area (Å²) in [5.41, 5.74) is 0. The zero-order valence-electron chi connectivity index (χ0n) is 8.97. The SMILES string of the molecule is O=C(O)CC(C1CCCC1)n1cc(I)cn1. The monoisotopic (exact) mass is 334 g/mol. The normalized spacial score (nSPS) is 18.8. The van der Waals surface area contributed by atoms with Gasteiger partial charge in [0.1, 0.15) is 0 Å². The smallest absolute Gasteiger partial charge is 0.305 e. The Labute approximate surface area is 108 Å². The molecule has 1 fully saturated rings. The fourth-order valence-corrected chi connectivity index (χ4v) is 2.90. The van der Waals surface area contributed by atoms with Gasteiger partial charge in [-0.25, -0.2) is 0 Å². The molecule has 1 heterocycles. The van der Waals surface area contributed by atoms with Crippen molar-refractivity contribution in [2.45, 2.75) is 38.1 Å². The number of hydrogen-bond donors (Lipinski definition) is 1. The summed E-state index contributed by atoms with van der Waals surface area (Å²) in [5, 5.41) is 13.2. The number of hydrogen-bond acceptors (Lipinski definition) is 2. The molecule has 5 heteroatoms. The van der Waals surface area contributed by atoms with E-state index in [4.69, 9.17) is 5.11 Å². The van der Waals surface area contributed by atoms with Gasteiger partial charge in [0.15, 0.2) is 0 Å². The topological polar surface area (TPSA) is 55.1 Å². The molecule has 0 radical (unpaired) electrons. The van der Waals surface area contributed by atoms with E-state index in [0.29, 0.717) is 5.92 Å². The van der Waals surface area contributed by atoms with Gasteiger partial charge in [-0.2, -0.15) is 5.10 Å². The largest absolute Gasteiger partial charge is 0.481 e. The first-order chi connectivity index (χ1) is 7.66. The zero-order chi connectivity index (χ0) is 11.5. The van der Waals surface area contributed by atoms with Crippen LogP contribution >= 0.6 is 22.6 Å². The average molecular weight is 334 g/mol. The summed E-state index contributed by atoms with van der Waals surface area (Å²) in [5.74, 6) is -0.255. The quantitative estimate of drug-likeness (QED) is 0.862. The lowest BCUT2D eigenvalue weighted by Gasteiger charge is -2.22. The van der Waals surface area contributed by atoms with Crippen molar-refractivity contribution < 1.29 is 9.90 Å². The van der Waals surface area contributed by atoms with Gasteiger partial charge in [0, 0.05) is 6.20 Å². The Kier molecular flexibility index (Phi) is 3.83. The summed E-state index contributed by atoms with van der Waals surface area (Å²) in [6.45, 7) is 0. The molecule has 1 aromatic rings. The fraction of sp³-hybridized carbons (Fsp3) is 0.636. The molecule has 0 bridgehead atoms. The van der Waals surface area contributed by atoms with E-state index in [0.717, 1.165) is 16.4 Å². The molecular formula is C11H15IN2O2. The first-order valence-electron chi connectivity index (χ1n) is 5.58. The summed E-state index contributed by atoms with van der Waals surface area (Å²) in [6, 6.07) is 0.0310. The third-order valence-corrected chi connectivity index (χ3v) is 3.79. The molecule has 1 unspecified atom stereocenters. The maximum atomic E-state index is 10.9. The molecule has 88 valence electrons. The van der Waals surface area contributed by atoms with Crippen molar-refractivity contribution in [3.8, 4) is 0 Å². The fourth-order valence-electron chi connectivity index (χ4n) is 2.49. The van der Waals surface area contributed by atoms with Gasteiger partial charge in [0.05, 0.1) is 22.2 Å². The van der Waals surface area contributed by atoms with Crippen molar-refractivity contribution in [1.82, 2.24) is 9.78 Å². The Morgan fingerprint density at radius 2 is 2.31 bits per heavy atom. The number of carbonyl (C=O) groups is 1. The van der Waals surface area contributed by atoms with Crippen molar-refractivity contribution >= 4 is 28.6 Å². The van der Waals surface area contributed by atoms with E-state index in [1.54, 1.807) is 6.20 Å². The standard InChI is InChI=1S/C11H15IN2O2/c12-9-6-13-14(7-9)10(5-11(15)16)8-3-1-2-4-8/h6-8,10H,1-5H2,(H,15,16). The predicted molar refractivity (Wildman–Crippen MR) is 68.2 cm³/mol. The molecule has 2 rings (SSSR count). The van der Waals surface area contributed by atoms with Gasteiger partial charge in [0.25, 0.3) is 0 Å². The Balaban J connectivity index is 2.16. The summed E-state index contributed by atoms with van der Waals surface area (Å²) in [7, 11) is 0. The second-order valence-electron chi connectivity index (χ2n) is 4.35. The number of aliphatic carboxylic acids is 1. The second kappa shape index (κ2) is 5.16. The van der Waals surface area contributed by atoms with Gasteiger partial charge in [-0.05, 0) is 41.4 Å². The highest BCUT2D eigenvalue weighted by molar-refractivity contribution is 14.1. The van der Waals surface area contributed by atoms with Gasteiger partial charge < -0.3 is 5.11 Å². The summed E-state index contributed by atoms with van der Waals surface area (Å²) in [6.07, 6.45) is 8.61. The predicted octanol–water partition coefficient (Wildman–Crippen LogP) is 2.69. The van der Waals surface area contributed by atoms with Crippen molar-refractivity contribution in [2.24, 2.45) is 5.92 Å². The molecule has 0 aromatic carbocycles. The van der Waals surface area contributed by atoms with Gasteiger partial charge in [-0.1, -0.05) is 12.8 Å².